The smallest absolute Gasteiger partial charge is 0.268 e. The number of nitrogens with zero attached hydrogens (tertiary/aromatic N) is 2. The van der Waals surface area contributed by atoms with Crippen molar-refractivity contribution in [2.24, 2.45) is 5.73 Å². The van der Waals surface area contributed by atoms with E-state index in [-0.39, 0.29) is 0 Å². The normalized spacial score (nSPS) is 19.2. The highest BCUT2D eigenvalue weighted by molar-refractivity contribution is 9.10. The maximum atomic E-state index is 13.3. The number of alkyl halides is 2. The van der Waals surface area contributed by atoms with Gasteiger partial charge in [0, 0.05) is 22.5 Å². The van der Waals surface area contributed by atoms with Crippen molar-refractivity contribution in [3.8, 4) is 0 Å². The fourth-order valence-electron chi connectivity index (χ4n) is 2.82. The SMILES string of the molecule is N[C@@H]1CC(F)(F)CN1C(=O)CNC(=O)c1ccnc2cccc(Br)c12. The van der Waals surface area contributed by atoms with Crippen molar-refractivity contribution in [1.82, 2.24) is 15.2 Å². The zero-order valence-corrected chi connectivity index (χ0v) is 14.6. The second-order valence-corrected chi connectivity index (χ2v) is 6.68. The molecule has 0 aliphatic carbocycles. The van der Waals surface area contributed by atoms with Crippen LogP contribution in [0.2, 0.25) is 0 Å². The van der Waals surface area contributed by atoms with Gasteiger partial charge in [-0.1, -0.05) is 22.0 Å². The van der Waals surface area contributed by atoms with Gasteiger partial charge in [-0.25, -0.2) is 8.78 Å². The lowest BCUT2D eigenvalue weighted by Crippen LogP contribution is -2.46. The Morgan fingerprint density at radius 3 is 2.84 bits per heavy atom. The Hall–Kier alpha value is -2.13. The number of hydrogen-bond donors (Lipinski definition) is 2. The van der Waals surface area contributed by atoms with Crippen LogP contribution in [0.5, 0.6) is 0 Å². The van der Waals surface area contributed by atoms with Gasteiger partial charge in [-0.15, -0.1) is 0 Å². The number of nitrogens with one attached hydrogen (secondary N) is 1. The summed E-state index contributed by atoms with van der Waals surface area (Å²) in [6.07, 6.45) is -0.132. The summed E-state index contributed by atoms with van der Waals surface area (Å²) in [6, 6.07) is 6.85. The van der Waals surface area contributed by atoms with E-state index < -0.39 is 43.4 Å². The predicted molar refractivity (Wildman–Crippen MR) is 91.0 cm³/mol. The molecule has 3 rings (SSSR count). The van der Waals surface area contributed by atoms with Crippen LogP contribution in [-0.4, -0.2) is 46.9 Å². The molecule has 2 aromatic rings. The van der Waals surface area contributed by atoms with Gasteiger partial charge in [-0.2, -0.15) is 0 Å². The van der Waals surface area contributed by atoms with Gasteiger partial charge in [-0.05, 0) is 18.2 Å². The van der Waals surface area contributed by atoms with Crippen molar-refractivity contribution in [1.29, 1.82) is 0 Å². The number of hydrogen-bond acceptors (Lipinski definition) is 4. The largest absolute Gasteiger partial charge is 0.343 e. The van der Waals surface area contributed by atoms with E-state index in [1.54, 1.807) is 18.2 Å². The van der Waals surface area contributed by atoms with Gasteiger partial charge >= 0.3 is 0 Å². The number of rotatable bonds is 3. The highest BCUT2D eigenvalue weighted by Crippen LogP contribution is 2.29. The summed E-state index contributed by atoms with van der Waals surface area (Å²) in [5.41, 5.74) is 6.52. The first-order valence-corrected chi connectivity index (χ1v) is 8.32. The maximum absolute atomic E-state index is 13.3. The molecule has 0 unspecified atom stereocenters. The van der Waals surface area contributed by atoms with E-state index in [1.807, 2.05) is 0 Å². The molecule has 25 heavy (non-hydrogen) atoms. The molecule has 1 aliphatic heterocycles. The average Bonchev–Trinajstić information content (AvgIpc) is 2.85. The van der Waals surface area contributed by atoms with Crippen LogP contribution in [0.3, 0.4) is 0 Å². The van der Waals surface area contributed by atoms with Crippen LogP contribution in [0.15, 0.2) is 34.9 Å². The molecule has 6 nitrogen and oxygen atoms in total. The lowest BCUT2D eigenvalue weighted by Gasteiger charge is -2.20. The summed E-state index contributed by atoms with van der Waals surface area (Å²) in [4.78, 5) is 29.6. The van der Waals surface area contributed by atoms with Crippen LogP contribution < -0.4 is 11.1 Å². The highest BCUT2D eigenvalue weighted by Gasteiger charge is 2.45. The van der Waals surface area contributed by atoms with Crippen molar-refractivity contribution in [2.45, 2.75) is 18.5 Å². The summed E-state index contributed by atoms with van der Waals surface area (Å²) in [5.74, 6) is -4.13. The Bertz CT molecular complexity index is 841. The van der Waals surface area contributed by atoms with Gasteiger partial charge in [0.1, 0.15) is 0 Å². The number of carbonyl (C=O) groups is 2. The number of aromatic nitrogens is 1. The number of amides is 2. The molecule has 0 bridgehead atoms. The second kappa shape index (κ2) is 6.64. The molecule has 1 fully saturated rings. The molecule has 2 heterocycles. The van der Waals surface area contributed by atoms with E-state index in [9.17, 15) is 18.4 Å². The number of fused-ring (bicyclic) bond motifs is 1. The first kappa shape index (κ1) is 17.7. The van der Waals surface area contributed by atoms with Crippen LogP contribution in [0.25, 0.3) is 10.9 Å². The fraction of sp³-hybridized carbons (Fsp3) is 0.312. The molecule has 1 aliphatic rings. The van der Waals surface area contributed by atoms with E-state index in [2.05, 4.69) is 26.2 Å². The van der Waals surface area contributed by atoms with Crippen LogP contribution in [-0.2, 0) is 4.79 Å². The first-order chi connectivity index (χ1) is 11.8. The summed E-state index contributed by atoms with van der Waals surface area (Å²) in [6.45, 7) is -1.14. The lowest BCUT2D eigenvalue weighted by molar-refractivity contribution is -0.132. The topological polar surface area (TPSA) is 88.3 Å². The summed E-state index contributed by atoms with van der Waals surface area (Å²) in [7, 11) is 0. The van der Waals surface area contributed by atoms with Gasteiger partial charge in [0.05, 0.1) is 30.3 Å². The van der Waals surface area contributed by atoms with E-state index in [1.165, 1.54) is 12.3 Å². The Kier molecular flexibility index (Phi) is 4.70. The van der Waals surface area contributed by atoms with Crippen molar-refractivity contribution >= 4 is 38.6 Å². The molecule has 0 spiro atoms. The zero-order chi connectivity index (χ0) is 18.2. The van der Waals surface area contributed by atoms with E-state index in [0.29, 0.717) is 20.9 Å². The number of nitrogens with two attached hydrogens (primary N) is 1. The van der Waals surface area contributed by atoms with Gasteiger partial charge < -0.3 is 16.0 Å². The molecule has 1 aromatic heterocycles. The molecule has 9 heteroatoms. The van der Waals surface area contributed by atoms with Crippen molar-refractivity contribution < 1.29 is 18.4 Å². The second-order valence-electron chi connectivity index (χ2n) is 5.82. The number of halogens is 3. The van der Waals surface area contributed by atoms with Gasteiger partial charge in [0.25, 0.3) is 11.8 Å². The fourth-order valence-corrected chi connectivity index (χ4v) is 3.39. The van der Waals surface area contributed by atoms with Crippen molar-refractivity contribution in [2.75, 3.05) is 13.1 Å². The molecular weight excluding hydrogens is 398 g/mol. The number of carbonyl (C=O) groups excluding carboxylic acids is 2. The summed E-state index contributed by atoms with van der Waals surface area (Å²) >= 11 is 3.38. The molecule has 132 valence electrons. The Balaban J connectivity index is 1.73. The van der Waals surface area contributed by atoms with Crippen LogP contribution in [0.1, 0.15) is 16.8 Å². The highest BCUT2D eigenvalue weighted by atomic mass is 79.9. The quantitative estimate of drug-likeness (QED) is 0.805. The standard InChI is InChI=1S/C16H15BrF2N4O2/c17-10-2-1-3-11-14(10)9(4-5-21-11)15(25)22-7-13(24)23-8-16(18,19)6-12(23)20/h1-5,12H,6-8,20H2,(H,22,25)/t12-/m0/s1. The molecule has 2 amide bonds. The van der Waals surface area contributed by atoms with E-state index in [0.717, 1.165) is 4.90 Å². The molecule has 0 saturated carbocycles. The Morgan fingerprint density at radius 1 is 1.40 bits per heavy atom. The zero-order valence-electron chi connectivity index (χ0n) is 13.0. The van der Waals surface area contributed by atoms with Crippen molar-refractivity contribution in [3.63, 3.8) is 0 Å². The van der Waals surface area contributed by atoms with E-state index in [4.69, 9.17) is 5.73 Å². The molecule has 1 saturated heterocycles. The minimum Gasteiger partial charge on any atom is -0.343 e. The average molecular weight is 413 g/mol. The third-order valence-electron chi connectivity index (χ3n) is 3.99. The molecule has 1 atom stereocenters. The molecule has 0 radical (unpaired) electrons. The lowest BCUT2D eigenvalue weighted by atomic mass is 10.1. The predicted octanol–water partition coefficient (Wildman–Crippen LogP) is 1.88. The third-order valence-corrected chi connectivity index (χ3v) is 4.65. The minimum absolute atomic E-state index is 0.335. The Labute approximate surface area is 150 Å². The van der Waals surface area contributed by atoms with Gasteiger partial charge in [-0.3, -0.25) is 14.6 Å². The van der Waals surface area contributed by atoms with E-state index >= 15 is 0 Å². The summed E-state index contributed by atoms with van der Waals surface area (Å²) in [5, 5.41) is 3.07. The van der Waals surface area contributed by atoms with Crippen LogP contribution >= 0.6 is 15.9 Å². The number of pyridine rings is 1. The molecule has 3 N–H and O–H groups in total. The van der Waals surface area contributed by atoms with Crippen molar-refractivity contribution in [3.05, 3.63) is 40.5 Å². The van der Waals surface area contributed by atoms with Gasteiger partial charge in [0.2, 0.25) is 5.91 Å². The maximum Gasteiger partial charge on any atom is 0.268 e. The van der Waals surface area contributed by atoms with Crippen LogP contribution in [0, 0.1) is 0 Å². The summed E-state index contributed by atoms with van der Waals surface area (Å²) < 4.78 is 27.3. The first-order valence-electron chi connectivity index (χ1n) is 7.53. The Morgan fingerprint density at radius 2 is 2.16 bits per heavy atom. The molecular formula is C16H15BrF2N4O2. The molecule has 1 aromatic carbocycles. The third kappa shape index (κ3) is 3.62. The van der Waals surface area contributed by atoms with Gasteiger partial charge in [0.15, 0.2) is 0 Å². The number of benzene rings is 1. The van der Waals surface area contributed by atoms with Crippen LogP contribution in [0.4, 0.5) is 8.78 Å². The monoisotopic (exact) mass is 412 g/mol. The minimum atomic E-state index is -2.99. The number of likely N-dealkylation sites (tertiary alicyclic amines) is 1.